The molecule has 2 aromatic heterocycles. The number of sulfone groups is 1. The third-order valence-electron chi connectivity index (χ3n) is 21.1. The first-order chi connectivity index (χ1) is 53.9. The molecule has 6 fully saturated rings. The molecule has 608 valence electrons. The van der Waals surface area contributed by atoms with E-state index in [-0.39, 0.29) is 56.7 Å². The van der Waals surface area contributed by atoms with E-state index in [9.17, 15) is 63.6 Å². The summed E-state index contributed by atoms with van der Waals surface area (Å²) in [7, 11) is -11.8. The molecular weight excluding hydrogens is 1540 g/mol. The number of fused-ring (bicyclic) bond motifs is 6. The van der Waals surface area contributed by atoms with Gasteiger partial charge in [0.15, 0.2) is 9.84 Å². The lowest BCUT2D eigenvalue weighted by Gasteiger charge is -2.30. The summed E-state index contributed by atoms with van der Waals surface area (Å²) in [6, 6.07) is 29.3. The number of hydrogen-bond acceptors (Lipinski definition) is 21. The van der Waals surface area contributed by atoms with E-state index in [0.717, 1.165) is 39.6 Å². The second kappa shape index (κ2) is 32.9. The topological polar surface area (TPSA) is 380 Å². The maximum absolute atomic E-state index is 14.6. The first-order valence-corrected chi connectivity index (χ1v) is 44.8. The molecule has 4 aliphatic heterocycles. The Morgan fingerprint density at radius 3 is 1.42 bits per heavy atom. The molecule has 8 amide bonds. The number of hydrogen-bond donors (Lipinski definition) is 6. The number of rotatable bonds is 14. The molecule has 10 atom stereocenters. The summed E-state index contributed by atoms with van der Waals surface area (Å²) < 4.78 is 107. The highest BCUT2D eigenvalue weighted by atomic mass is 32.2. The van der Waals surface area contributed by atoms with Crippen molar-refractivity contribution in [2.75, 3.05) is 36.1 Å². The Balaban J connectivity index is 0.000000199. The van der Waals surface area contributed by atoms with Gasteiger partial charge < -0.3 is 50.0 Å². The van der Waals surface area contributed by atoms with Crippen molar-refractivity contribution in [3.05, 3.63) is 145 Å². The zero-order chi connectivity index (χ0) is 81.5. The van der Waals surface area contributed by atoms with Gasteiger partial charge in [-0.15, -0.1) is 0 Å². The van der Waals surface area contributed by atoms with Crippen LogP contribution in [-0.2, 0) is 68.1 Å². The smallest absolute Gasteiger partial charge is 0.408 e. The quantitative estimate of drug-likeness (QED) is 0.0555. The van der Waals surface area contributed by atoms with Gasteiger partial charge in [0, 0.05) is 64.5 Å². The van der Waals surface area contributed by atoms with E-state index in [1.807, 2.05) is 129 Å². The predicted octanol–water partition coefficient (Wildman–Crippen LogP) is 8.72. The summed E-state index contributed by atoms with van der Waals surface area (Å²) >= 11 is 1.51. The average molecular weight is 1640 g/mol. The normalized spacial score (nSPS) is 26.7. The van der Waals surface area contributed by atoms with Crippen LogP contribution in [0.15, 0.2) is 133 Å². The Morgan fingerprint density at radius 1 is 0.570 bits per heavy atom. The van der Waals surface area contributed by atoms with E-state index in [4.69, 9.17) is 28.9 Å². The zero-order valence-electron chi connectivity index (χ0n) is 65.0. The number of amides is 8. The fourth-order valence-electron chi connectivity index (χ4n) is 14.8. The SMILES string of the molecule is Cc1ccc2c(O[C@@H]3C[C@H]4C(=O)N[C@]5(C(=O)NS(=O)(=O)C6CC6)CC5/C=C\CCCS(=O)(=O)C[C@H](NC(=O)OC(C)(C)C)C(=O)N4C3)cc(-c3ccccc3)nc2c1.Cc1ccc2c(O[C@@H]3C[C@H]4C(=O)N[C@]5(C(=O)NS(=O)(=O)C6CC6)CC5/C=C\CCCSC[C@H](NC(=O)OC(C)(C)C)C(=O)N4C3)cc(-c3ccccc3)nc2c1. The summed E-state index contributed by atoms with van der Waals surface area (Å²) in [6.07, 6.45) is 7.90. The molecule has 28 nitrogen and oxygen atoms in total. The number of carbonyl (C=O) groups excluding carboxylic acids is 8. The van der Waals surface area contributed by atoms with Crippen LogP contribution in [0.5, 0.6) is 11.5 Å². The number of allylic oxidation sites excluding steroid dienone is 2. The highest BCUT2D eigenvalue weighted by Crippen LogP contribution is 2.48. The summed E-state index contributed by atoms with van der Waals surface area (Å²) in [6.45, 7) is 13.8. The largest absolute Gasteiger partial charge is 0.488 e. The van der Waals surface area contributed by atoms with Gasteiger partial charge >= 0.3 is 12.2 Å². The number of carbonyl (C=O) groups is 8. The van der Waals surface area contributed by atoms with Gasteiger partial charge in [0.2, 0.25) is 43.7 Å². The van der Waals surface area contributed by atoms with Gasteiger partial charge in [0.05, 0.1) is 57.5 Å². The number of aromatic nitrogens is 2. The van der Waals surface area contributed by atoms with Gasteiger partial charge in [-0.2, -0.15) is 11.8 Å². The molecule has 2 saturated heterocycles. The number of nitrogens with zero attached hydrogens (tertiary/aromatic N) is 4. The maximum atomic E-state index is 14.6. The van der Waals surface area contributed by atoms with Crippen LogP contribution >= 0.6 is 11.8 Å². The lowest BCUT2D eigenvalue weighted by atomic mass is 10.1. The molecule has 6 heterocycles. The van der Waals surface area contributed by atoms with Crippen LogP contribution in [0.25, 0.3) is 44.3 Å². The first kappa shape index (κ1) is 82.3. The molecule has 6 N–H and O–H groups in total. The molecule has 2 unspecified atom stereocenters. The highest BCUT2D eigenvalue weighted by Gasteiger charge is 2.64. The second-order valence-corrected chi connectivity index (χ2v) is 40.2. The Bertz CT molecular complexity index is 5170. The standard InChI is InChI=1S/C41H49N5O10S2.C41H49N5O8S2/c1-25-14-17-30-32(19-25)42-31(26-11-7-5-8-12-26)21-35(30)55-28-20-34-36(47)44-41(38(49)45-58(53,54)29-15-16-29)22-27(41)13-9-6-10-18-57(51,52)24-33(37(48)46(34)23-28)43-39(50)56-40(2,3)4;1-25-14-17-30-32(19-25)42-31(26-11-7-5-8-12-26)21-35(30)53-28-20-34-36(47)44-41(38(49)45-56(51,52)29-15-16-29)22-27(41)13-9-6-10-18-55-24-33(37(48)46(34)23-28)43-39(50)54-40(2,3)4/h5,7-9,11-14,17,19,21,27-29,33-34H,6,10,15-16,18,20,22-24H2,1-4H3,(H,43,50)(H,44,47)(H,45,49);5,7-9,11-14,17,19,21,27-29,33-34H,6,10,15-16,18,20,22-24H2,1-4H3,(H,43,50)(H,44,47)(H,45,49)/b2*13-9-/t2*27?,28-,33+,34+,41-/m11/s1. The van der Waals surface area contributed by atoms with Gasteiger partial charge in [0.1, 0.15) is 70.2 Å². The monoisotopic (exact) mass is 1640 g/mol. The molecule has 114 heavy (non-hydrogen) atoms. The van der Waals surface area contributed by atoms with E-state index in [1.54, 1.807) is 59.8 Å². The third kappa shape index (κ3) is 19.8. The number of benzene rings is 4. The summed E-state index contributed by atoms with van der Waals surface area (Å²) in [4.78, 5) is 124. The molecule has 4 aliphatic carbocycles. The molecular formula is C82H98N10O18S4. The Hall–Kier alpha value is -9.66. The lowest BCUT2D eigenvalue weighted by molar-refractivity contribution is -0.140. The molecule has 0 radical (unpaired) electrons. The van der Waals surface area contributed by atoms with Crippen LogP contribution in [-0.4, -0.2) is 198 Å². The molecule has 6 aromatic rings. The van der Waals surface area contributed by atoms with Crippen LogP contribution in [0, 0.1) is 25.7 Å². The van der Waals surface area contributed by atoms with E-state index >= 15 is 0 Å². The van der Waals surface area contributed by atoms with Crippen molar-refractivity contribution in [2.24, 2.45) is 11.8 Å². The zero-order valence-corrected chi connectivity index (χ0v) is 68.2. The number of ether oxygens (including phenoxy) is 4. The van der Waals surface area contributed by atoms with Gasteiger partial charge in [0.25, 0.3) is 11.8 Å². The number of sulfonamides is 2. The highest BCUT2D eigenvalue weighted by molar-refractivity contribution is 7.99. The van der Waals surface area contributed by atoms with Crippen molar-refractivity contribution < 1.29 is 82.6 Å². The van der Waals surface area contributed by atoms with Crippen molar-refractivity contribution in [3.8, 4) is 34.0 Å². The minimum Gasteiger partial charge on any atom is -0.488 e. The van der Waals surface area contributed by atoms with Crippen LogP contribution in [0.3, 0.4) is 0 Å². The van der Waals surface area contributed by atoms with E-state index < -0.39 is 164 Å². The minimum absolute atomic E-state index is 0.00300. The van der Waals surface area contributed by atoms with E-state index in [2.05, 4.69) is 30.7 Å². The summed E-state index contributed by atoms with van der Waals surface area (Å²) in [5, 5.41) is 11.0. The van der Waals surface area contributed by atoms with E-state index in [1.165, 1.54) is 21.6 Å². The average Bonchev–Trinajstić information content (AvgIpc) is 1.57. The molecule has 4 aromatic carbocycles. The maximum Gasteiger partial charge on any atom is 0.408 e. The van der Waals surface area contributed by atoms with Crippen LogP contribution in [0.1, 0.15) is 130 Å². The van der Waals surface area contributed by atoms with E-state index in [0.29, 0.717) is 78.1 Å². The third-order valence-corrected chi connectivity index (χ3v) is 27.6. The van der Waals surface area contributed by atoms with Crippen molar-refractivity contribution in [2.45, 2.75) is 202 Å². The van der Waals surface area contributed by atoms with Gasteiger partial charge in [-0.1, -0.05) is 97.1 Å². The molecule has 0 bridgehead atoms. The number of pyridine rings is 2. The number of alkyl carbamates (subject to hydrolysis) is 2. The van der Waals surface area contributed by atoms with Gasteiger partial charge in [-0.05, 0) is 161 Å². The predicted molar refractivity (Wildman–Crippen MR) is 430 cm³/mol. The Kier molecular flexibility index (Phi) is 23.8. The van der Waals surface area contributed by atoms with Crippen LogP contribution < -0.4 is 40.2 Å². The molecule has 32 heteroatoms. The summed E-state index contributed by atoms with van der Waals surface area (Å²) in [5.74, 6) is -4.59. The Labute approximate surface area is 668 Å². The molecule has 8 aliphatic rings. The van der Waals surface area contributed by atoms with Crippen molar-refractivity contribution in [3.63, 3.8) is 0 Å². The fraction of sp³-hybridized carbons (Fsp3) is 0.488. The second-order valence-electron chi connectivity index (χ2n) is 32.9. The number of nitrogens with one attached hydrogen (secondary N) is 6. The fourth-order valence-corrected chi connectivity index (χ4v) is 20.0. The minimum atomic E-state index is -3.97. The Morgan fingerprint density at radius 2 is 0.991 bits per heavy atom. The van der Waals surface area contributed by atoms with Crippen LogP contribution in [0.2, 0.25) is 0 Å². The number of thioether (sulfide) groups is 1. The van der Waals surface area contributed by atoms with Gasteiger partial charge in [-0.25, -0.2) is 44.8 Å². The van der Waals surface area contributed by atoms with Crippen molar-refractivity contribution >= 4 is 111 Å². The first-order valence-electron chi connectivity index (χ1n) is 38.7. The molecule has 0 spiro atoms. The molecule has 14 rings (SSSR count). The van der Waals surface area contributed by atoms with Crippen LogP contribution in [0.4, 0.5) is 9.59 Å². The lowest BCUT2D eigenvalue weighted by Crippen LogP contribution is -2.59. The summed E-state index contributed by atoms with van der Waals surface area (Å²) in [5.41, 5.74) is 1.51. The van der Waals surface area contributed by atoms with Crippen molar-refractivity contribution in [1.82, 2.24) is 50.5 Å². The van der Waals surface area contributed by atoms with Gasteiger partial charge in [-0.3, -0.25) is 38.2 Å². The van der Waals surface area contributed by atoms with Crippen molar-refractivity contribution in [1.29, 1.82) is 0 Å². The number of aryl methyl sites for hydroxylation is 2. The molecule has 4 saturated carbocycles.